The van der Waals surface area contributed by atoms with Crippen molar-refractivity contribution >= 4 is 26.7 Å². The number of amides is 1. The molecule has 3 heterocycles. The van der Waals surface area contributed by atoms with E-state index in [4.69, 9.17) is 9.47 Å². The van der Waals surface area contributed by atoms with E-state index in [0.29, 0.717) is 35.5 Å². The van der Waals surface area contributed by atoms with Crippen molar-refractivity contribution in [2.75, 3.05) is 39.4 Å². The maximum Gasteiger partial charge on any atom is 0.275 e. The summed E-state index contributed by atoms with van der Waals surface area (Å²) in [7, 11) is -2.26. The second kappa shape index (κ2) is 8.73. The molecular formula is C23H24N4O6S. The van der Waals surface area contributed by atoms with Crippen LogP contribution in [0.1, 0.15) is 16.9 Å². The highest BCUT2D eigenvalue weighted by molar-refractivity contribution is 7.89. The second-order valence-electron chi connectivity index (χ2n) is 8.18. The molecule has 0 bridgehead atoms. The summed E-state index contributed by atoms with van der Waals surface area (Å²) in [5.41, 5.74) is -0.102. The third kappa shape index (κ3) is 3.90. The van der Waals surface area contributed by atoms with E-state index in [0.717, 1.165) is 11.1 Å². The van der Waals surface area contributed by atoms with Crippen LogP contribution >= 0.6 is 0 Å². The highest BCUT2D eigenvalue weighted by atomic mass is 32.2. The number of carbonyl (C=O) groups is 1. The molecule has 0 aliphatic carbocycles. The zero-order valence-electron chi connectivity index (χ0n) is 18.6. The van der Waals surface area contributed by atoms with Gasteiger partial charge in [0.1, 0.15) is 0 Å². The maximum absolute atomic E-state index is 13.2. The largest absolute Gasteiger partial charge is 0.490 e. The van der Waals surface area contributed by atoms with Gasteiger partial charge in [0.05, 0.1) is 23.5 Å². The predicted octanol–water partition coefficient (Wildman–Crippen LogP) is 1.24. The van der Waals surface area contributed by atoms with Gasteiger partial charge in [0.25, 0.3) is 11.5 Å². The Labute approximate surface area is 196 Å². The van der Waals surface area contributed by atoms with Crippen molar-refractivity contribution in [3.05, 3.63) is 58.5 Å². The minimum atomic E-state index is -3.77. The Hall–Kier alpha value is -3.44. The quantitative estimate of drug-likeness (QED) is 0.550. The van der Waals surface area contributed by atoms with Crippen LogP contribution in [0.4, 0.5) is 0 Å². The van der Waals surface area contributed by atoms with Crippen molar-refractivity contribution in [3.63, 3.8) is 0 Å². The summed E-state index contributed by atoms with van der Waals surface area (Å²) in [6, 6.07) is 11.5. The van der Waals surface area contributed by atoms with Crippen LogP contribution in [0.2, 0.25) is 0 Å². The van der Waals surface area contributed by atoms with E-state index < -0.39 is 10.0 Å². The van der Waals surface area contributed by atoms with Crippen LogP contribution in [0.15, 0.2) is 52.2 Å². The highest BCUT2D eigenvalue weighted by Crippen LogP contribution is 2.33. The molecular weight excluding hydrogens is 460 g/mol. The summed E-state index contributed by atoms with van der Waals surface area (Å²) in [5, 5.41) is 5.10. The number of sulfonamides is 1. The molecule has 2 aromatic carbocycles. The smallest absolute Gasteiger partial charge is 0.275 e. The van der Waals surface area contributed by atoms with Gasteiger partial charge in [-0.2, -0.15) is 9.40 Å². The molecule has 11 heteroatoms. The lowest BCUT2D eigenvalue weighted by atomic mass is 10.1. The standard InChI is InChI=1S/C23H24N4O6S/c1-25-22(28)18-6-3-2-5-17(18)21(24-25)23(29)26-9-11-27(12-10-26)34(30,31)16-7-8-19-20(15-16)33-14-4-13-32-19/h2-3,5-8,15H,4,9-14H2,1H3. The van der Waals surface area contributed by atoms with Gasteiger partial charge in [0.15, 0.2) is 17.2 Å². The minimum absolute atomic E-state index is 0.127. The molecule has 3 aromatic rings. The summed E-state index contributed by atoms with van der Waals surface area (Å²) in [6.07, 6.45) is 0.729. The summed E-state index contributed by atoms with van der Waals surface area (Å²) >= 11 is 0. The topological polar surface area (TPSA) is 111 Å². The molecule has 1 fully saturated rings. The van der Waals surface area contributed by atoms with Crippen molar-refractivity contribution in [1.29, 1.82) is 0 Å². The number of nitrogens with zero attached hydrogens (tertiary/aromatic N) is 4. The third-order valence-corrected chi connectivity index (χ3v) is 7.94. The first-order valence-corrected chi connectivity index (χ1v) is 12.5. The van der Waals surface area contributed by atoms with Crippen LogP contribution in [-0.4, -0.2) is 72.7 Å². The maximum atomic E-state index is 13.2. The number of fused-ring (bicyclic) bond motifs is 2. The van der Waals surface area contributed by atoms with Crippen molar-refractivity contribution in [2.45, 2.75) is 11.3 Å². The second-order valence-corrected chi connectivity index (χ2v) is 10.1. The van der Waals surface area contributed by atoms with Crippen molar-refractivity contribution in [2.24, 2.45) is 7.05 Å². The average molecular weight is 485 g/mol. The molecule has 178 valence electrons. The Morgan fingerprint density at radius 2 is 1.62 bits per heavy atom. The molecule has 10 nitrogen and oxygen atoms in total. The molecule has 0 radical (unpaired) electrons. The summed E-state index contributed by atoms with van der Waals surface area (Å²) in [6.45, 7) is 1.70. The highest BCUT2D eigenvalue weighted by Gasteiger charge is 2.32. The monoisotopic (exact) mass is 484 g/mol. The number of benzene rings is 2. The number of hydrogen-bond donors (Lipinski definition) is 0. The fraction of sp³-hybridized carbons (Fsp3) is 0.348. The molecule has 0 saturated carbocycles. The molecule has 0 N–H and O–H groups in total. The average Bonchev–Trinajstić information content (AvgIpc) is 3.11. The molecule has 2 aliphatic heterocycles. The van der Waals surface area contributed by atoms with Gasteiger partial charge in [-0.1, -0.05) is 18.2 Å². The first kappa shape index (κ1) is 22.4. The SMILES string of the molecule is Cn1nc(C(=O)N2CCN(S(=O)(=O)c3ccc4c(c3)OCCCO4)CC2)c2ccccc2c1=O. The van der Waals surface area contributed by atoms with Crippen LogP contribution in [0.25, 0.3) is 10.8 Å². The molecule has 1 saturated heterocycles. The molecule has 34 heavy (non-hydrogen) atoms. The van der Waals surface area contributed by atoms with E-state index >= 15 is 0 Å². The van der Waals surface area contributed by atoms with Gasteiger partial charge in [-0.15, -0.1) is 0 Å². The predicted molar refractivity (Wildman–Crippen MR) is 124 cm³/mol. The number of aromatic nitrogens is 2. The van der Waals surface area contributed by atoms with Gasteiger partial charge in [-0.25, -0.2) is 13.1 Å². The number of rotatable bonds is 3. The van der Waals surface area contributed by atoms with Gasteiger partial charge >= 0.3 is 0 Å². The minimum Gasteiger partial charge on any atom is -0.490 e. The third-order valence-electron chi connectivity index (χ3n) is 6.04. The Morgan fingerprint density at radius 1 is 0.941 bits per heavy atom. The molecule has 2 aliphatic rings. The Morgan fingerprint density at radius 3 is 2.35 bits per heavy atom. The van der Waals surface area contributed by atoms with E-state index in [-0.39, 0.29) is 48.2 Å². The van der Waals surface area contributed by atoms with Crippen molar-refractivity contribution < 1.29 is 22.7 Å². The molecule has 1 amide bonds. The normalized spacial score (nSPS) is 16.9. The van der Waals surface area contributed by atoms with Gasteiger partial charge in [0.2, 0.25) is 10.0 Å². The number of carbonyl (C=O) groups excluding carboxylic acids is 1. The van der Waals surface area contributed by atoms with E-state index in [9.17, 15) is 18.0 Å². The number of aryl methyl sites for hydroxylation is 1. The molecule has 0 spiro atoms. The van der Waals surface area contributed by atoms with Crippen LogP contribution in [0.3, 0.4) is 0 Å². The number of piperazine rings is 1. The van der Waals surface area contributed by atoms with E-state index in [1.54, 1.807) is 35.2 Å². The first-order valence-electron chi connectivity index (χ1n) is 11.0. The zero-order chi connectivity index (χ0) is 23.9. The van der Waals surface area contributed by atoms with Crippen molar-refractivity contribution in [1.82, 2.24) is 19.0 Å². The number of ether oxygens (including phenoxy) is 2. The first-order chi connectivity index (χ1) is 16.4. The van der Waals surface area contributed by atoms with Gasteiger partial charge < -0.3 is 14.4 Å². The lowest BCUT2D eigenvalue weighted by Crippen LogP contribution is -2.50. The lowest BCUT2D eigenvalue weighted by molar-refractivity contribution is 0.0691. The summed E-state index contributed by atoms with van der Waals surface area (Å²) < 4.78 is 40.2. The fourth-order valence-electron chi connectivity index (χ4n) is 4.19. The van der Waals surface area contributed by atoms with Gasteiger partial charge in [-0.05, 0) is 18.2 Å². The molecule has 1 aromatic heterocycles. The fourth-order valence-corrected chi connectivity index (χ4v) is 5.63. The van der Waals surface area contributed by atoms with Gasteiger partial charge in [-0.3, -0.25) is 9.59 Å². The lowest BCUT2D eigenvalue weighted by Gasteiger charge is -2.34. The van der Waals surface area contributed by atoms with Crippen LogP contribution in [0.5, 0.6) is 11.5 Å². The summed E-state index contributed by atoms with van der Waals surface area (Å²) in [4.78, 5) is 27.3. The van der Waals surface area contributed by atoms with Crippen LogP contribution < -0.4 is 15.0 Å². The Bertz CT molecular complexity index is 1430. The van der Waals surface area contributed by atoms with E-state index in [1.165, 1.54) is 23.5 Å². The molecule has 0 atom stereocenters. The van der Waals surface area contributed by atoms with Gasteiger partial charge in [0, 0.05) is 51.1 Å². The zero-order valence-corrected chi connectivity index (χ0v) is 19.5. The van der Waals surface area contributed by atoms with E-state index in [1.807, 2.05) is 0 Å². The van der Waals surface area contributed by atoms with Crippen LogP contribution in [-0.2, 0) is 17.1 Å². The molecule has 0 unspecified atom stereocenters. The summed E-state index contributed by atoms with van der Waals surface area (Å²) in [5.74, 6) is 0.614. The molecule has 5 rings (SSSR count). The Kier molecular flexibility index (Phi) is 5.74. The van der Waals surface area contributed by atoms with Crippen molar-refractivity contribution in [3.8, 4) is 11.5 Å². The Balaban J connectivity index is 1.35. The number of hydrogen-bond acceptors (Lipinski definition) is 7. The van der Waals surface area contributed by atoms with E-state index in [2.05, 4.69) is 5.10 Å². The van der Waals surface area contributed by atoms with Crippen LogP contribution in [0, 0.1) is 0 Å².